The Kier molecular flexibility index (Phi) is 3.90. The van der Waals surface area contributed by atoms with Gasteiger partial charge in [-0.15, -0.1) is 11.3 Å². The van der Waals surface area contributed by atoms with Crippen molar-refractivity contribution in [3.05, 3.63) is 58.4 Å². The Bertz CT molecular complexity index is 1030. The van der Waals surface area contributed by atoms with E-state index in [2.05, 4.69) is 10.3 Å². The molecule has 4 rings (SSSR count). The maximum absolute atomic E-state index is 11.2. The topological polar surface area (TPSA) is 94.3 Å². The fourth-order valence-corrected chi connectivity index (χ4v) is 3.36. The third-order valence-corrected chi connectivity index (χ3v) is 4.71. The molecule has 0 aliphatic heterocycles. The summed E-state index contributed by atoms with van der Waals surface area (Å²) in [4.78, 5) is 12.1. The molecule has 0 unspecified atom stereocenters. The molecule has 0 radical (unpaired) electrons. The third-order valence-electron chi connectivity index (χ3n) is 3.46. The first kappa shape index (κ1) is 15.7. The van der Waals surface area contributed by atoms with E-state index in [0.29, 0.717) is 27.2 Å². The largest absolute Gasteiger partial charge is 0.476 e. The van der Waals surface area contributed by atoms with E-state index in [1.54, 1.807) is 24.3 Å². The summed E-state index contributed by atoms with van der Waals surface area (Å²) in [5, 5.41) is 17.3. The summed E-state index contributed by atoms with van der Waals surface area (Å²) in [6.45, 7) is 0.242. The summed E-state index contributed by atoms with van der Waals surface area (Å²) < 4.78 is 12.9. The van der Waals surface area contributed by atoms with Gasteiger partial charge in [0.15, 0.2) is 17.2 Å². The Morgan fingerprint density at radius 1 is 1.28 bits per heavy atom. The fraction of sp³-hybridized carbons (Fsp3) is 0.0625. The zero-order valence-electron chi connectivity index (χ0n) is 12.5. The molecule has 7 nitrogen and oxygen atoms in total. The molecule has 0 fully saturated rings. The number of halogens is 1. The van der Waals surface area contributed by atoms with Gasteiger partial charge in [-0.3, -0.25) is 4.68 Å². The molecule has 4 heterocycles. The molecule has 25 heavy (non-hydrogen) atoms. The van der Waals surface area contributed by atoms with Crippen LogP contribution < -0.4 is 0 Å². The van der Waals surface area contributed by atoms with E-state index in [1.165, 1.54) is 28.3 Å². The Morgan fingerprint density at radius 2 is 2.16 bits per heavy atom. The van der Waals surface area contributed by atoms with Crippen LogP contribution >= 0.6 is 22.9 Å². The highest BCUT2D eigenvalue weighted by Crippen LogP contribution is 2.31. The number of carbonyl (C=O) groups is 1. The number of aromatic carboxylic acids is 1. The van der Waals surface area contributed by atoms with Crippen LogP contribution in [0.5, 0.6) is 0 Å². The molecule has 0 spiro atoms. The van der Waals surface area contributed by atoms with Gasteiger partial charge in [-0.2, -0.15) is 5.10 Å². The molecule has 0 aromatic carbocycles. The van der Waals surface area contributed by atoms with Crippen molar-refractivity contribution < 1.29 is 18.8 Å². The van der Waals surface area contributed by atoms with Gasteiger partial charge in [0, 0.05) is 12.1 Å². The van der Waals surface area contributed by atoms with Crippen LogP contribution in [0.3, 0.4) is 0 Å². The van der Waals surface area contributed by atoms with Crippen molar-refractivity contribution in [2.45, 2.75) is 6.54 Å². The Hall–Kier alpha value is -2.84. The second-order valence-corrected chi connectivity index (χ2v) is 6.86. The van der Waals surface area contributed by atoms with Gasteiger partial charge in [-0.05, 0) is 24.3 Å². The zero-order chi connectivity index (χ0) is 17.4. The molecular weight excluding hydrogens is 366 g/mol. The van der Waals surface area contributed by atoms with E-state index in [0.717, 1.165) is 4.88 Å². The van der Waals surface area contributed by atoms with Crippen LogP contribution in [0.2, 0.25) is 4.34 Å². The first-order valence-corrected chi connectivity index (χ1v) is 8.36. The predicted molar refractivity (Wildman–Crippen MR) is 90.8 cm³/mol. The third kappa shape index (κ3) is 3.09. The number of hydrogen-bond acceptors (Lipinski definition) is 6. The zero-order valence-corrected chi connectivity index (χ0v) is 14.1. The van der Waals surface area contributed by atoms with E-state index >= 15 is 0 Å². The molecule has 1 N–H and O–H groups in total. The quantitative estimate of drug-likeness (QED) is 0.560. The van der Waals surface area contributed by atoms with Crippen LogP contribution in [-0.4, -0.2) is 26.0 Å². The minimum absolute atomic E-state index is 0.0693. The van der Waals surface area contributed by atoms with Crippen molar-refractivity contribution in [1.82, 2.24) is 14.9 Å². The van der Waals surface area contributed by atoms with E-state index in [9.17, 15) is 9.90 Å². The number of rotatable bonds is 5. The van der Waals surface area contributed by atoms with E-state index in [4.69, 9.17) is 20.5 Å². The molecule has 0 aliphatic carbocycles. The number of furan rings is 1. The average Bonchev–Trinajstić information content (AvgIpc) is 3.34. The van der Waals surface area contributed by atoms with Crippen molar-refractivity contribution in [2.24, 2.45) is 0 Å². The van der Waals surface area contributed by atoms with Gasteiger partial charge in [-0.1, -0.05) is 16.8 Å². The molecule has 0 atom stereocenters. The molecule has 0 bridgehead atoms. The number of aromatic nitrogens is 3. The lowest BCUT2D eigenvalue weighted by atomic mass is 10.3. The number of carboxylic acids is 1. The van der Waals surface area contributed by atoms with Crippen molar-refractivity contribution >= 4 is 28.9 Å². The van der Waals surface area contributed by atoms with Gasteiger partial charge in [-0.25, -0.2) is 4.79 Å². The SMILES string of the molecule is O=C(O)c1cc(-c2ccco2)n(Cc2cc(-c3ccc(Cl)s3)on2)n1. The summed E-state index contributed by atoms with van der Waals surface area (Å²) in [5.41, 5.74) is 1.08. The van der Waals surface area contributed by atoms with Crippen molar-refractivity contribution in [2.75, 3.05) is 0 Å². The highest BCUT2D eigenvalue weighted by Gasteiger charge is 2.18. The summed E-state index contributed by atoms with van der Waals surface area (Å²) in [5.74, 6) is 0.00597. The summed E-state index contributed by atoms with van der Waals surface area (Å²) in [7, 11) is 0. The summed E-state index contributed by atoms with van der Waals surface area (Å²) in [6, 6.07) is 10.3. The Labute approximate surface area is 150 Å². The molecular formula is C16H10ClN3O4S. The maximum atomic E-state index is 11.2. The molecule has 126 valence electrons. The number of nitrogens with zero attached hydrogens (tertiary/aromatic N) is 3. The van der Waals surface area contributed by atoms with Gasteiger partial charge in [0.25, 0.3) is 0 Å². The maximum Gasteiger partial charge on any atom is 0.356 e. The summed E-state index contributed by atoms with van der Waals surface area (Å²) >= 11 is 7.32. The second-order valence-electron chi connectivity index (χ2n) is 5.14. The van der Waals surface area contributed by atoms with Gasteiger partial charge >= 0.3 is 5.97 Å². The van der Waals surface area contributed by atoms with E-state index in [1.807, 2.05) is 6.07 Å². The lowest BCUT2D eigenvalue weighted by Crippen LogP contribution is -2.05. The van der Waals surface area contributed by atoms with Crippen molar-refractivity contribution in [1.29, 1.82) is 0 Å². The Balaban J connectivity index is 1.66. The predicted octanol–water partition coefficient (Wildman–Crippen LogP) is 4.26. The first-order chi connectivity index (χ1) is 12.1. The minimum atomic E-state index is -1.11. The fourth-order valence-electron chi connectivity index (χ4n) is 2.37. The van der Waals surface area contributed by atoms with Crippen LogP contribution in [-0.2, 0) is 6.54 Å². The molecule has 4 aromatic heterocycles. The highest BCUT2D eigenvalue weighted by atomic mass is 35.5. The molecule has 0 aliphatic rings. The molecule has 0 amide bonds. The normalized spacial score (nSPS) is 11.1. The van der Waals surface area contributed by atoms with Gasteiger partial charge in [0.1, 0.15) is 11.4 Å². The lowest BCUT2D eigenvalue weighted by Gasteiger charge is -2.02. The van der Waals surface area contributed by atoms with E-state index in [-0.39, 0.29) is 12.2 Å². The van der Waals surface area contributed by atoms with Crippen LogP contribution in [0.25, 0.3) is 22.1 Å². The monoisotopic (exact) mass is 375 g/mol. The Morgan fingerprint density at radius 3 is 2.84 bits per heavy atom. The van der Waals surface area contributed by atoms with Crippen LogP contribution in [0.15, 0.2) is 51.6 Å². The number of thiophene rings is 1. The van der Waals surface area contributed by atoms with Gasteiger partial charge in [0.2, 0.25) is 0 Å². The first-order valence-electron chi connectivity index (χ1n) is 7.16. The number of hydrogen-bond donors (Lipinski definition) is 1. The average molecular weight is 376 g/mol. The van der Waals surface area contributed by atoms with Crippen LogP contribution in [0.1, 0.15) is 16.2 Å². The highest BCUT2D eigenvalue weighted by molar-refractivity contribution is 7.19. The second kappa shape index (κ2) is 6.23. The van der Waals surface area contributed by atoms with Crippen molar-refractivity contribution in [3.63, 3.8) is 0 Å². The van der Waals surface area contributed by atoms with Crippen LogP contribution in [0.4, 0.5) is 0 Å². The minimum Gasteiger partial charge on any atom is -0.476 e. The number of carboxylic acid groups (broad SMARTS) is 1. The summed E-state index contributed by atoms with van der Waals surface area (Å²) in [6.07, 6.45) is 1.52. The lowest BCUT2D eigenvalue weighted by molar-refractivity contribution is 0.0689. The van der Waals surface area contributed by atoms with E-state index < -0.39 is 5.97 Å². The molecule has 9 heteroatoms. The molecule has 4 aromatic rings. The van der Waals surface area contributed by atoms with Crippen LogP contribution in [0, 0.1) is 0 Å². The van der Waals surface area contributed by atoms with Gasteiger partial charge < -0.3 is 14.0 Å². The van der Waals surface area contributed by atoms with Gasteiger partial charge in [0.05, 0.1) is 22.0 Å². The smallest absolute Gasteiger partial charge is 0.356 e. The molecule has 0 saturated heterocycles. The molecule has 0 saturated carbocycles. The standard InChI is InChI=1S/C16H10ClN3O4S/c17-15-4-3-14(25-15)13-6-9(19-24-13)8-20-11(12-2-1-5-23-12)7-10(18-20)16(21)22/h1-7H,8H2,(H,21,22). The van der Waals surface area contributed by atoms with Crippen molar-refractivity contribution in [3.8, 4) is 22.1 Å².